The van der Waals surface area contributed by atoms with Gasteiger partial charge in [0.25, 0.3) is 0 Å². The molecule has 0 unspecified atom stereocenters. The first-order chi connectivity index (χ1) is 11.4. The number of H-pyrrole nitrogens is 1. The SMILES string of the molecule is C=CCCNC=O.CCC.Cc1cccc2c1[nH]c(=O)n2C(C)C. The molecule has 24 heavy (non-hydrogen) atoms. The molecule has 5 heteroatoms. The number of aryl methyl sites for hydroxylation is 1. The maximum Gasteiger partial charge on any atom is 0.326 e. The van der Waals surface area contributed by atoms with Crippen molar-refractivity contribution in [2.45, 2.75) is 53.5 Å². The van der Waals surface area contributed by atoms with Crippen LogP contribution in [0.15, 0.2) is 35.6 Å². The summed E-state index contributed by atoms with van der Waals surface area (Å²) in [6.45, 7) is 14.5. The molecule has 0 atom stereocenters. The summed E-state index contributed by atoms with van der Waals surface area (Å²) >= 11 is 0. The third-order valence-electron chi connectivity index (χ3n) is 3.05. The summed E-state index contributed by atoms with van der Waals surface area (Å²) < 4.78 is 1.78. The lowest BCUT2D eigenvalue weighted by Gasteiger charge is -2.06. The molecule has 1 heterocycles. The highest BCUT2D eigenvalue weighted by Gasteiger charge is 2.09. The van der Waals surface area contributed by atoms with Gasteiger partial charge < -0.3 is 10.3 Å². The Labute approximate surface area is 144 Å². The average Bonchev–Trinajstić information content (AvgIpc) is 2.87. The van der Waals surface area contributed by atoms with Crippen molar-refractivity contribution in [3.05, 3.63) is 46.9 Å². The highest BCUT2D eigenvalue weighted by Crippen LogP contribution is 2.17. The van der Waals surface area contributed by atoms with Crippen molar-refractivity contribution in [1.29, 1.82) is 0 Å². The molecule has 1 aromatic heterocycles. The Morgan fingerprint density at radius 2 is 1.96 bits per heavy atom. The molecule has 0 aliphatic carbocycles. The van der Waals surface area contributed by atoms with E-state index in [-0.39, 0.29) is 11.7 Å². The number of aromatic nitrogens is 2. The summed E-state index contributed by atoms with van der Waals surface area (Å²) in [6, 6.07) is 6.14. The van der Waals surface area contributed by atoms with E-state index in [0.29, 0.717) is 13.0 Å². The van der Waals surface area contributed by atoms with E-state index in [2.05, 4.69) is 30.7 Å². The summed E-state index contributed by atoms with van der Waals surface area (Å²) in [4.78, 5) is 24.1. The molecule has 0 aliphatic rings. The van der Waals surface area contributed by atoms with Crippen LogP contribution in [-0.4, -0.2) is 22.5 Å². The molecule has 0 fully saturated rings. The molecular formula is C19H31N3O2. The van der Waals surface area contributed by atoms with Crippen LogP contribution in [0, 0.1) is 6.92 Å². The summed E-state index contributed by atoms with van der Waals surface area (Å²) in [5.74, 6) is 0. The van der Waals surface area contributed by atoms with Gasteiger partial charge in [-0.2, -0.15) is 0 Å². The molecular weight excluding hydrogens is 302 g/mol. The zero-order valence-electron chi connectivity index (χ0n) is 15.6. The van der Waals surface area contributed by atoms with Gasteiger partial charge in [-0.25, -0.2) is 4.79 Å². The molecule has 2 aromatic rings. The molecule has 0 aliphatic heterocycles. The molecule has 0 radical (unpaired) electrons. The van der Waals surface area contributed by atoms with Crippen LogP contribution in [0.4, 0.5) is 0 Å². The number of aromatic amines is 1. The van der Waals surface area contributed by atoms with Gasteiger partial charge in [0, 0.05) is 12.6 Å². The standard InChI is InChI=1S/C11H14N2O.C5H9NO.C3H8/c1-7(2)13-9-6-4-5-8(3)10(9)12-11(13)14;1-2-3-4-6-5-7;1-3-2/h4-7H,1-3H3,(H,12,14);2,5H,1,3-4H2,(H,6,7);3H2,1-2H3. The van der Waals surface area contributed by atoms with Crippen molar-refractivity contribution >= 4 is 17.4 Å². The van der Waals surface area contributed by atoms with Crippen LogP contribution in [0.2, 0.25) is 0 Å². The second kappa shape index (κ2) is 12.2. The highest BCUT2D eigenvalue weighted by molar-refractivity contribution is 5.78. The van der Waals surface area contributed by atoms with Crippen molar-refractivity contribution in [2.75, 3.05) is 6.54 Å². The maximum absolute atomic E-state index is 11.6. The van der Waals surface area contributed by atoms with E-state index in [1.165, 1.54) is 6.42 Å². The fraction of sp³-hybridized carbons (Fsp3) is 0.474. The number of rotatable bonds is 5. The minimum Gasteiger partial charge on any atom is -0.358 e. The van der Waals surface area contributed by atoms with E-state index in [9.17, 15) is 9.59 Å². The zero-order chi connectivity index (χ0) is 18.5. The lowest BCUT2D eigenvalue weighted by atomic mass is 10.2. The van der Waals surface area contributed by atoms with E-state index in [1.807, 2.05) is 39.0 Å². The lowest BCUT2D eigenvalue weighted by Crippen LogP contribution is -2.18. The Bertz CT molecular complexity index is 661. The first kappa shape index (κ1) is 21.7. The topological polar surface area (TPSA) is 66.9 Å². The molecule has 0 bridgehead atoms. The van der Waals surface area contributed by atoms with E-state index in [1.54, 1.807) is 10.6 Å². The zero-order valence-corrected chi connectivity index (χ0v) is 15.6. The predicted octanol–water partition coefficient (Wildman–Crippen LogP) is 3.94. The highest BCUT2D eigenvalue weighted by atomic mass is 16.1. The minimum absolute atomic E-state index is 0.0238. The summed E-state index contributed by atoms with van der Waals surface area (Å²) in [7, 11) is 0. The molecule has 2 N–H and O–H groups in total. The number of amides is 1. The number of nitrogens with zero attached hydrogens (tertiary/aromatic N) is 1. The Kier molecular flexibility index (Phi) is 11.0. The number of hydrogen-bond acceptors (Lipinski definition) is 2. The number of nitrogens with one attached hydrogen (secondary N) is 2. The van der Waals surface area contributed by atoms with Crippen LogP contribution >= 0.6 is 0 Å². The van der Waals surface area contributed by atoms with Gasteiger partial charge in [-0.15, -0.1) is 6.58 Å². The van der Waals surface area contributed by atoms with Gasteiger partial charge in [0.2, 0.25) is 6.41 Å². The second-order valence-electron chi connectivity index (χ2n) is 5.72. The number of hydrogen-bond donors (Lipinski definition) is 2. The first-order valence-electron chi connectivity index (χ1n) is 8.42. The number of carbonyl (C=O) groups is 1. The quantitative estimate of drug-likeness (QED) is 0.494. The molecule has 0 saturated carbocycles. The largest absolute Gasteiger partial charge is 0.358 e. The van der Waals surface area contributed by atoms with Crippen LogP contribution < -0.4 is 11.0 Å². The van der Waals surface area contributed by atoms with Crippen LogP contribution in [-0.2, 0) is 4.79 Å². The van der Waals surface area contributed by atoms with E-state index >= 15 is 0 Å². The van der Waals surface area contributed by atoms with Gasteiger partial charge in [-0.1, -0.05) is 38.5 Å². The van der Waals surface area contributed by atoms with Gasteiger partial charge in [-0.3, -0.25) is 9.36 Å². The van der Waals surface area contributed by atoms with Gasteiger partial charge >= 0.3 is 5.69 Å². The molecule has 1 amide bonds. The normalized spacial score (nSPS) is 9.58. The van der Waals surface area contributed by atoms with E-state index < -0.39 is 0 Å². The van der Waals surface area contributed by atoms with Crippen molar-refractivity contribution in [2.24, 2.45) is 0 Å². The van der Waals surface area contributed by atoms with Crippen molar-refractivity contribution in [3.63, 3.8) is 0 Å². The predicted molar refractivity (Wildman–Crippen MR) is 103 cm³/mol. The van der Waals surface area contributed by atoms with Gasteiger partial charge in [0.15, 0.2) is 0 Å². The Morgan fingerprint density at radius 1 is 1.33 bits per heavy atom. The third-order valence-corrected chi connectivity index (χ3v) is 3.05. The van der Waals surface area contributed by atoms with Gasteiger partial charge in [-0.05, 0) is 38.8 Å². The Morgan fingerprint density at radius 3 is 2.46 bits per heavy atom. The van der Waals surface area contributed by atoms with Crippen LogP contribution in [0.5, 0.6) is 0 Å². The molecule has 0 spiro atoms. The number of para-hydroxylation sites is 1. The van der Waals surface area contributed by atoms with E-state index in [0.717, 1.165) is 23.0 Å². The number of carbonyl (C=O) groups excluding carboxylic acids is 1. The number of imidazole rings is 1. The Balaban J connectivity index is 0.000000448. The number of fused-ring (bicyclic) bond motifs is 1. The summed E-state index contributed by atoms with van der Waals surface area (Å²) in [5.41, 5.74) is 3.03. The second-order valence-corrected chi connectivity index (χ2v) is 5.72. The lowest BCUT2D eigenvalue weighted by molar-refractivity contribution is -0.109. The maximum atomic E-state index is 11.6. The van der Waals surface area contributed by atoms with Crippen LogP contribution in [0.25, 0.3) is 11.0 Å². The molecule has 1 aromatic carbocycles. The van der Waals surface area contributed by atoms with Crippen LogP contribution in [0.1, 0.15) is 52.1 Å². The summed E-state index contributed by atoms with van der Waals surface area (Å²) in [6.07, 6.45) is 4.54. The molecule has 134 valence electrons. The Hall–Kier alpha value is -2.30. The first-order valence-corrected chi connectivity index (χ1v) is 8.42. The van der Waals surface area contributed by atoms with Gasteiger partial charge in [0.05, 0.1) is 11.0 Å². The van der Waals surface area contributed by atoms with Crippen molar-refractivity contribution in [3.8, 4) is 0 Å². The fourth-order valence-corrected chi connectivity index (χ4v) is 2.05. The minimum atomic E-state index is -0.0238. The average molecular weight is 333 g/mol. The molecule has 2 rings (SSSR count). The summed E-state index contributed by atoms with van der Waals surface area (Å²) in [5, 5.41) is 2.50. The van der Waals surface area contributed by atoms with Crippen molar-refractivity contribution in [1.82, 2.24) is 14.9 Å². The smallest absolute Gasteiger partial charge is 0.326 e. The fourth-order valence-electron chi connectivity index (χ4n) is 2.05. The molecule has 0 saturated heterocycles. The number of benzene rings is 1. The monoisotopic (exact) mass is 333 g/mol. The van der Waals surface area contributed by atoms with E-state index in [4.69, 9.17) is 0 Å². The van der Waals surface area contributed by atoms with Gasteiger partial charge in [0.1, 0.15) is 0 Å². The third kappa shape index (κ3) is 6.86. The molecule has 5 nitrogen and oxygen atoms in total. The van der Waals surface area contributed by atoms with Crippen LogP contribution in [0.3, 0.4) is 0 Å². The van der Waals surface area contributed by atoms with Crippen molar-refractivity contribution < 1.29 is 4.79 Å².